The maximum Gasteiger partial charge on any atom is 0.145 e. The van der Waals surface area contributed by atoms with Crippen molar-refractivity contribution >= 4 is 92.1 Å². The Hall–Kier alpha value is -9.02. The lowest BCUT2D eigenvalue weighted by molar-refractivity contribution is 0.670. The molecule has 0 bridgehead atoms. The second-order valence-corrected chi connectivity index (χ2v) is 19.4. The van der Waals surface area contributed by atoms with Gasteiger partial charge in [-0.2, -0.15) is 0 Å². The maximum absolute atomic E-state index is 6.95. The smallest absolute Gasteiger partial charge is 0.145 e. The van der Waals surface area contributed by atoms with Crippen molar-refractivity contribution in [2.24, 2.45) is 0 Å². The first-order valence-electron chi connectivity index (χ1n) is 24.2. The number of hydrogen-bond acceptors (Lipinski definition) is 3. The molecule has 0 spiro atoms. The number of para-hydroxylation sites is 1. The van der Waals surface area contributed by atoms with E-state index in [2.05, 4.69) is 266 Å². The maximum atomic E-state index is 6.95. The van der Waals surface area contributed by atoms with Crippen molar-refractivity contribution in [1.82, 2.24) is 0 Å². The van der Waals surface area contributed by atoms with Gasteiger partial charge in [0.1, 0.15) is 11.2 Å². The predicted octanol–water partition coefficient (Wildman–Crippen LogP) is 20.1. The molecule has 2 heterocycles. The molecule has 2 nitrogen and oxygen atoms in total. The van der Waals surface area contributed by atoms with Crippen LogP contribution in [0.25, 0.3) is 119 Å². The van der Waals surface area contributed by atoms with Gasteiger partial charge >= 0.3 is 0 Å². The zero-order valence-electron chi connectivity index (χ0n) is 38.6. The van der Waals surface area contributed by atoms with E-state index in [1.54, 1.807) is 0 Å². The van der Waals surface area contributed by atoms with Crippen LogP contribution in [0.15, 0.2) is 265 Å². The van der Waals surface area contributed by atoms with Crippen molar-refractivity contribution in [3.63, 3.8) is 0 Å². The molecule has 0 aliphatic heterocycles. The average Bonchev–Trinajstić information content (AvgIpc) is 4.03. The molecule has 0 unspecified atom stereocenters. The Kier molecular flexibility index (Phi) is 9.75. The summed E-state index contributed by atoms with van der Waals surface area (Å²) in [5, 5.41) is 9.68. The first kappa shape index (κ1) is 41.0. The number of hydrogen-bond donors (Lipinski definition) is 0. The average molecular weight is 922 g/mol. The molecule has 0 saturated carbocycles. The van der Waals surface area contributed by atoms with Crippen molar-refractivity contribution in [3.05, 3.63) is 261 Å². The van der Waals surface area contributed by atoms with Gasteiger partial charge in [0.05, 0.1) is 11.1 Å². The third-order valence-corrected chi connectivity index (χ3v) is 15.5. The van der Waals surface area contributed by atoms with Crippen LogP contribution in [0.1, 0.15) is 0 Å². The summed E-state index contributed by atoms with van der Waals surface area (Å²) in [5.41, 5.74) is 16.7. The van der Waals surface area contributed by atoms with E-state index in [1.807, 2.05) is 11.3 Å². The van der Waals surface area contributed by atoms with Gasteiger partial charge in [0.25, 0.3) is 0 Å². The molecule has 12 aromatic carbocycles. The highest BCUT2D eigenvalue weighted by molar-refractivity contribution is 7.25. The summed E-state index contributed by atoms with van der Waals surface area (Å²) in [7, 11) is 0. The second-order valence-electron chi connectivity index (χ2n) is 18.3. The number of furan rings is 1. The van der Waals surface area contributed by atoms with E-state index in [4.69, 9.17) is 4.42 Å². The number of benzene rings is 12. The molecule has 0 aliphatic carbocycles. The summed E-state index contributed by atoms with van der Waals surface area (Å²) < 4.78 is 9.56. The van der Waals surface area contributed by atoms with Crippen molar-refractivity contribution in [2.75, 3.05) is 4.90 Å². The van der Waals surface area contributed by atoms with Crippen LogP contribution in [0.2, 0.25) is 0 Å². The van der Waals surface area contributed by atoms with E-state index in [0.29, 0.717) is 0 Å². The van der Waals surface area contributed by atoms with Gasteiger partial charge in [-0.3, -0.25) is 0 Å². The predicted molar refractivity (Wildman–Crippen MR) is 303 cm³/mol. The summed E-state index contributed by atoms with van der Waals surface area (Å²) in [5.74, 6) is 0. The van der Waals surface area contributed by atoms with Crippen LogP contribution in [0.4, 0.5) is 17.1 Å². The van der Waals surface area contributed by atoms with Crippen LogP contribution in [0.3, 0.4) is 0 Å². The minimum atomic E-state index is 0.860. The molecular formula is C68H43NOS. The molecule has 332 valence electrons. The van der Waals surface area contributed by atoms with E-state index >= 15 is 0 Å². The van der Waals surface area contributed by atoms with Crippen molar-refractivity contribution < 1.29 is 4.42 Å². The SMILES string of the molecule is c1ccc(-c2cccc3sc4ccccc4c23)c(-c2ccc(N(c3ccc(-c4ccc(-c5cccc6ccccc56)cc4)cc3)c3ccc(-c4cccc5ccccc45)c4oc5ccccc5c34)cc2)c1. The fourth-order valence-electron chi connectivity index (χ4n) is 11.0. The first-order valence-corrected chi connectivity index (χ1v) is 25.0. The fraction of sp³-hybridized carbons (Fsp3) is 0. The molecule has 0 atom stereocenters. The zero-order valence-corrected chi connectivity index (χ0v) is 39.4. The number of anilines is 3. The van der Waals surface area contributed by atoms with Gasteiger partial charge in [0, 0.05) is 42.5 Å². The van der Waals surface area contributed by atoms with Gasteiger partial charge in [0.15, 0.2) is 0 Å². The lowest BCUT2D eigenvalue weighted by Gasteiger charge is -2.27. The van der Waals surface area contributed by atoms with E-state index in [0.717, 1.165) is 61.3 Å². The van der Waals surface area contributed by atoms with E-state index in [-0.39, 0.29) is 0 Å². The van der Waals surface area contributed by atoms with Gasteiger partial charge in [-0.05, 0) is 126 Å². The molecule has 0 saturated heterocycles. The molecule has 0 amide bonds. The first-order chi connectivity index (χ1) is 35.2. The van der Waals surface area contributed by atoms with Crippen LogP contribution in [0.5, 0.6) is 0 Å². The number of rotatable bonds is 8. The Morgan fingerprint density at radius 2 is 0.761 bits per heavy atom. The fourth-order valence-corrected chi connectivity index (χ4v) is 12.1. The molecule has 14 aromatic rings. The summed E-state index contributed by atoms with van der Waals surface area (Å²) in [6.45, 7) is 0. The largest absolute Gasteiger partial charge is 0.455 e. The molecule has 71 heavy (non-hydrogen) atoms. The normalized spacial score (nSPS) is 11.7. The number of fused-ring (bicyclic) bond motifs is 8. The quantitative estimate of drug-likeness (QED) is 0.151. The van der Waals surface area contributed by atoms with Crippen LogP contribution in [-0.2, 0) is 0 Å². The minimum absolute atomic E-state index is 0.860. The third kappa shape index (κ3) is 6.93. The van der Waals surface area contributed by atoms with Crippen LogP contribution < -0.4 is 4.90 Å². The molecule has 0 N–H and O–H groups in total. The van der Waals surface area contributed by atoms with Crippen molar-refractivity contribution in [3.8, 4) is 55.6 Å². The van der Waals surface area contributed by atoms with Crippen LogP contribution in [0, 0.1) is 0 Å². The summed E-state index contributed by atoms with van der Waals surface area (Å²) >= 11 is 1.86. The van der Waals surface area contributed by atoms with Crippen molar-refractivity contribution in [1.29, 1.82) is 0 Å². The molecule has 14 rings (SSSR count). The van der Waals surface area contributed by atoms with Gasteiger partial charge in [-0.1, -0.05) is 206 Å². The molecule has 3 heteroatoms. The zero-order chi connectivity index (χ0) is 46.8. The van der Waals surface area contributed by atoms with Gasteiger partial charge in [-0.25, -0.2) is 0 Å². The van der Waals surface area contributed by atoms with Gasteiger partial charge in [-0.15, -0.1) is 11.3 Å². The Bertz CT molecular complexity index is 4320. The van der Waals surface area contributed by atoms with Gasteiger partial charge < -0.3 is 9.32 Å². The Balaban J connectivity index is 0.911. The van der Waals surface area contributed by atoms with E-state index < -0.39 is 0 Å². The van der Waals surface area contributed by atoms with Crippen molar-refractivity contribution in [2.45, 2.75) is 0 Å². The summed E-state index contributed by atoms with van der Waals surface area (Å²) in [6.07, 6.45) is 0. The highest BCUT2D eigenvalue weighted by Gasteiger charge is 2.24. The lowest BCUT2D eigenvalue weighted by atomic mass is 9.92. The van der Waals surface area contributed by atoms with Crippen LogP contribution >= 0.6 is 11.3 Å². The topological polar surface area (TPSA) is 16.4 Å². The number of thiophene rings is 1. The highest BCUT2D eigenvalue weighted by Crippen LogP contribution is 2.48. The standard InChI is InChI=1S/C68H43NOS/c1-3-18-52-46(14-1)16-11-24-53(52)48-32-30-44(31-33-48)45-34-38-50(39-35-45)69(62-43-42-59(57-25-12-17-47-15-2-4-19-54(47)57)68-67(62)60-22-7-9-27-63(60)70-68)51-40-36-49(37-41-51)55-20-5-6-21-56(55)58-26-13-29-65-66(58)61-23-8-10-28-64(61)71-65/h1-43H. The molecule has 2 aromatic heterocycles. The van der Waals surface area contributed by atoms with Gasteiger partial charge in [0.2, 0.25) is 0 Å². The monoisotopic (exact) mass is 921 g/mol. The highest BCUT2D eigenvalue weighted by atomic mass is 32.1. The molecule has 0 fully saturated rings. The van der Waals surface area contributed by atoms with Crippen LogP contribution in [-0.4, -0.2) is 0 Å². The molecule has 0 aliphatic rings. The number of nitrogens with zero attached hydrogens (tertiary/aromatic N) is 1. The Morgan fingerprint density at radius 3 is 1.49 bits per heavy atom. The third-order valence-electron chi connectivity index (χ3n) is 14.3. The molecular weight excluding hydrogens is 879 g/mol. The minimum Gasteiger partial charge on any atom is -0.455 e. The second kappa shape index (κ2) is 16.9. The van der Waals surface area contributed by atoms with E-state index in [9.17, 15) is 0 Å². The summed E-state index contributed by atoms with van der Waals surface area (Å²) in [6, 6.07) is 94.8. The summed E-state index contributed by atoms with van der Waals surface area (Å²) in [4.78, 5) is 2.40. The molecule has 0 radical (unpaired) electrons. The lowest BCUT2D eigenvalue weighted by Crippen LogP contribution is -2.10. The van der Waals surface area contributed by atoms with E-state index in [1.165, 1.54) is 75.1 Å². The Morgan fingerprint density at radius 1 is 0.282 bits per heavy atom. The Labute approximate surface area is 415 Å².